The molecule has 0 N–H and O–H groups in total. The van der Waals surface area contributed by atoms with Gasteiger partial charge in [0, 0.05) is 0 Å². The highest BCUT2D eigenvalue weighted by Crippen LogP contribution is 2.54. The Morgan fingerprint density at radius 3 is 1.00 bits per heavy atom. The van der Waals surface area contributed by atoms with Crippen LogP contribution in [0.25, 0.3) is 0 Å². The minimum absolute atomic E-state index is 3.36. The summed E-state index contributed by atoms with van der Waals surface area (Å²) in [6.07, 6.45) is -6.72. The van der Waals surface area contributed by atoms with Crippen LogP contribution in [-0.2, 0) is 0 Å². The maximum absolute atomic E-state index is 11.6. The van der Waals surface area contributed by atoms with Gasteiger partial charge in [0.1, 0.15) is 0 Å². The molecule has 10 heavy (non-hydrogen) atoms. The van der Waals surface area contributed by atoms with E-state index < -0.39 is 24.2 Å². The number of rotatable bonds is 0. The standard InChI is InChI=1S/C4H2F6/c5-1-2(6)4(9,10)3(1,7)8/h1-2H/t1-,2+. The zero-order valence-corrected chi connectivity index (χ0v) is 4.42. The van der Waals surface area contributed by atoms with Crippen molar-refractivity contribution in [1.82, 2.24) is 0 Å². The van der Waals surface area contributed by atoms with E-state index in [1.165, 1.54) is 0 Å². The normalized spacial score (nSPS) is 42.6. The highest BCUT2D eigenvalue weighted by molar-refractivity contribution is 5.12. The Morgan fingerprint density at radius 2 is 0.900 bits per heavy atom. The Bertz CT molecular complexity index is 134. The summed E-state index contributed by atoms with van der Waals surface area (Å²) in [7, 11) is 0. The molecule has 0 bridgehead atoms. The lowest BCUT2D eigenvalue weighted by Crippen LogP contribution is -2.70. The molecular formula is C4H2F6. The summed E-state index contributed by atoms with van der Waals surface area (Å²) in [5.74, 6) is -9.65. The fourth-order valence-electron chi connectivity index (χ4n) is 0.639. The molecule has 2 atom stereocenters. The van der Waals surface area contributed by atoms with Crippen molar-refractivity contribution in [3.05, 3.63) is 0 Å². The summed E-state index contributed by atoms with van der Waals surface area (Å²) in [5, 5.41) is 0. The predicted molar refractivity (Wildman–Crippen MR) is 19.7 cm³/mol. The van der Waals surface area contributed by atoms with E-state index in [2.05, 4.69) is 0 Å². The lowest BCUT2D eigenvalue weighted by atomic mass is 9.85. The first-order valence-electron chi connectivity index (χ1n) is 2.35. The van der Waals surface area contributed by atoms with Crippen LogP contribution < -0.4 is 0 Å². The first-order valence-corrected chi connectivity index (χ1v) is 2.35. The zero-order valence-electron chi connectivity index (χ0n) is 4.42. The molecule has 0 amide bonds. The quantitative estimate of drug-likeness (QED) is 0.480. The van der Waals surface area contributed by atoms with Gasteiger partial charge in [-0.3, -0.25) is 0 Å². The van der Waals surface area contributed by atoms with Gasteiger partial charge in [-0.1, -0.05) is 0 Å². The molecule has 0 spiro atoms. The van der Waals surface area contributed by atoms with Gasteiger partial charge in [0.05, 0.1) is 0 Å². The fourth-order valence-corrected chi connectivity index (χ4v) is 0.639. The van der Waals surface area contributed by atoms with Gasteiger partial charge in [-0.25, -0.2) is 8.78 Å². The topological polar surface area (TPSA) is 0 Å². The Balaban J connectivity index is 2.82. The Kier molecular flexibility index (Phi) is 1.23. The highest BCUT2D eigenvalue weighted by atomic mass is 19.3. The van der Waals surface area contributed by atoms with E-state index >= 15 is 0 Å². The third-order valence-corrected chi connectivity index (χ3v) is 1.39. The van der Waals surface area contributed by atoms with Gasteiger partial charge in [-0.15, -0.1) is 0 Å². The van der Waals surface area contributed by atoms with Gasteiger partial charge in [0.25, 0.3) is 0 Å². The van der Waals surface area contributed by atoms with E-state index in [0.717, 1.165) is 0 Å². The summed E-state index contributed by atoms with van der Waals surface area (Å²) >= 11 is 0. The molecule has 0 aliphatic heterocycles. The van der Waals surface area contributed by atoms with Crippen LogP contribution in [0.15, 0.2) is 0 Å². The van der Waals surface area contributed by atoms with E-state index in [-0.39, 0.29) is 0 Å². The maximum Gasteiger partial charge on any atom is 0.346 e. The first kappa shape index (κ1) is 7.68. The van der Waals surface area contributed by atoms with Crippen molar-refractivity contribution < 1.29 is 26.3 Å². The SMILES string of the molecule is F[C@@H]1[C@H](F)C(F)(F)C1(F)F. The lowest BCUT2D eigenvalue weighted by molar-refractivity contribution is -0.351. The molecule has 1 aliphatic rings. The third-order valence-electron chi connectivity index (χ3n) is 1.39. The molecule has 0 nitrogen and oxygen atoms in total. The molecule has 0 aromatic heterocycles. The molecular weight excluding hydrogens is 162 g/mol. The molecule has 1 saturated carbocycles. The van der Waals surface area contributed by atoms with Crippen molar-refractivity contribution in [3.8, 4) is 0 Å². The number of halogens is 6. The first-order chi connectivity index (χ1) is 4.32. The third kappa shape index (κ3) is 0.543. The van der Waals surface area contributed by atoms with E-state index in [1.807, 2.05) is 0 Å². The van der Waals surface area contributed by atoms with E-state index in [9.17, 15) is 26.3 Å². The van der Waals surface area contributed by atoms with Gasteiger partial charge in [0.2, 0.25) is 12.3 Å². The Labute approximate surface area is 51.8 Å². The minimum atomic E-state index is -4.83. The van der Waals surface area contributed by atoms with Crippen LogP contribution in [0.5, 0.6) is 0 Å². The van der Waals surface area contributed by atoms with Crippen molar-refractivity contribution in [2.45, 2.75) is 24.2 Å². The largest absolute Gasteiger partial charge is 0.346 e. The van der Waals surface area contributed by atoms with Gasteiger partial charge < -0.3 is 0 Å². The average molecular weight is 164 g/mol. The molecule has 1 rings (SSSR count). The number of hydrogen-bond donors (Lipinski definition) is 0. The highest BCUT2D eigenvalue weighted by Gasteiger charge is 2.81. The molecule has 0 saturated heterocycles. The second-order valence-corrected chi connectivity index (χ2v) is 2.05. The molecule has 6 heteroatoms. The van der Waals surface area contributed by atoms with Crippen molar-refractivity contribution in [1.29, 1.82) is 0 Å². The number of hydrogen-bond acceptors (Lipinski definition) is 0. The predicted octanol–water partition coefficient (Wildman–Crippen LogP) is 1.95. The lowest BCUT2D eigenvalue weighted by Gasteiger charge is -2.41. The van der Waals surface area contributed by atoms with Crippen molar-refractivity contribution >= 4 is 0 Å². The van der Waals surface area contributed by atoms with Crippen LogP contribution in [0.3, 0.4) is 0 Å². The molecule has 0 heterocycles. The second-order valence-electron chi connectivity index (χ2n) is 2.05. The van der Waals surface area contributed by atoms with E-state index in [1.54, 1.807) is 0 Å². The summed E-state index contributed by atoms with van der Waals surface area (Å²) < 4.78 is 69.5. The zero-order chi connectivity index (χ0) is 8.15. The second kappa shape index (κ2) is 1.60. The summed E-state index contributed by atoms with van der Waals surface area (Å²) in [4.78, 5) is 0. The Morgan fingerprint density at radius 1 is 0.700 bits per heavy atom. The minimum Gasteiger partial charge on any atom is -0.237 e. The molecule has 1 aliphatic carbocycles. The molecule has 0 aromatic rings. The molecule has 0 unspecified atom stereocenters. The van der Waals surface area contributed by atoms with Crippen LogP contribution in [0.2, 0.25) is 0 Å². The maximum atomic E-state index is 11.6. The van der Waals surface area contributed by atoms with Crippen molar-refractivity contribution in [2.75, 3.05) is 0 Å². The van der Waals surface area contributed by atoms with Crippen LogP contribution in [0.4, 0.5) is 26.3 Å². The van der Waals surface area contributed by atoms with Crippen molar-refractivity contribution in [3.63, 3.8) is 0 Å². The monoisotopic (exact) mass is 164 g/mol. The fraction of sp³-hybridized carbons (Fsp3) is 1.00. The van der Waals surface area contributed by atoms with Gasteiger partial charge >= 0.3 is 11.8 Å². The van der Waals surface area contributed by atoms with E-state index in [0.29, 0.717) is 0 Å². The molecule has 60 valence electrons. The smallest absolute Gasteiger partial charge is 0.237 e. The van der Waals surface area contributed by atoms with Gasteiger partial charge in [-0.2, -0.15) is 17.6 Å². The molecule has 1 fully saturated rings. The Hall–Kier alpha value is -0.420. The number of alkyl halides is 6. The van der Waals surface area contributed by atoms with Gasteiger partial charge in [0.15, 0.2) is 0 Å². The van der Waals surface area contributed by atoms with Crippen LogP contribution >= 0.6 is 0 Å². The van der Waals surface area contributed by atoms with Gasteiger partial charge in [-0.05, 0) is 0 Å². The summed E-state index contributed by atoms with van der Waals surface area (Å²) in [6, 6.07) is 0. The summed E-state index contributed by atoms with van der Waals surface area (Å²) in [6.45, 7) is 0. The molecule has 0 aromatic carbocycles. The average Bonchev–Trinajstić information content (AvgIpc) is 1.84. The summed E-state index contributed by atoms with van der Waals surface area (Å²) in [5.41, 5.74) is 0. The van der Waals surface area contributed by atoms with Crippen molar-refractivity contribution in [2.24, 2.45) is 0 Å². The van der Waals surface area contributed by atoms with Crippen LogP contribution in [-0.4, -0.2) is 24.2 Å². The van der Waals surface area contributed by atoms with Crippen LogP contribution in [0.1, 0.15) is 0 Å². The van der Waals surface area contributed by atoms with E-state index in [4.69, 9.17) is 0 Å². The van der Waals surface area contributed by atoms with Crippen LogP contribution in [0, 0.1) is 0 Å². The molecule has 0 radical (unpaired) electrons.